The molecule has 0 fully saturated rings. The standard InChI is InChI=1S/C16H22N4O2/c1-19-15-13(7-18-19)9-20(10-14(15)11-21-2)8-12-5-4-6-17-16(12)22-3/h4-7,14H,8-11H2,1-3H3/t14-/m1/s1. The van der Waals surface area contributed by atoms with Crippen LogP contribution in [-0.4, -0.2) is 47.0 Å². The van der Waals surface area contributed by atoms with Gasteiger partial charge in [0.1, 0.15) is 0 Å². The smallest absolute Gasteiger partial charge is 0.217 e. The maximum absolute atomic E-state index is 5.40. The Bertz CT molecular complexity index is 641. The zero-order valence-corrected chi connectivity index (χ0v) is 13.3. The Morgan fingerprint density at radius 1 is 1.36 bits per heavy atom. The minimum atomic E-state index is 0.337. The van der Waals surface area contributed by atoms with Gasteiger partial charge in [0.25, 0.3) is 0 Å². The molecule has 2 aromatic heterocycles. The van der Waals surface area contributed by atoms with Crippen molar-refractivity contribution in [2.24, 2.45) is 7.05 Å². The van der Waals surface area contributed by atoms with Crippen molar-refractivity contribution in [3.63, 3.8) is 0 Å². The third-order valence-corrected chi connectivity index (χ3v) is 4.13. The molecule has 6 nitrogen and oxygen atoms in total. The summed E-state index contributed by atoms with van der Waals surface area (Å²) in [6, 6.07) is 4.01. The molecule has 2 aromatic rings. The van der Waals surface area contributed by atoms with Gasteiger partial charge in [-0.2, -0.15) is 5.10 Å². The fourth-order valence-corrected chi connectivity index (χ4v) is 3.27. The second kappa shape index (κ2) is 6.46. The summed E-state index contributed by atoms with van der Waals surface area (Å²) in [6.07, 6.45) is 3.72. The van der Waals surface area contributed by atoms with Crippen LogP contribution in [0.15, 0.2) is 24.5 Å². The number of rotatable bonds is 5. The van der Waals surface area contributed by atoms with E-state index in [2.05, 4.69) is 21.0 Å². The van der Waals surface area contributed by atoms with Crippen LogP contribution in [0.4, 0.5) is 0 Å². The minimum Gasteiger partial charge on any atom is -0.481 e. The van der Waals surface area contributed by atoms with Crippen LogP contribution >= 0.6 is 0 Å². The van der Waals surface area contributed by atoms with Gasteiger partial charge in [0.15, 0.2) is 0 Å². The van der Waals surface area contributed by atoms with Crippen LogP contribution in [0.25, 0.3) is 0 Å². The molecule has 0 saturated heterocycles. The molecule has 3 rings (SSSR count). The summed E-state index contributed by atoms with van der Waals surface area (Å²) in [7, 11) is 5.41. The molecule has 0 saturated carbocycles. The second-order valence-corrected chi connectivity index (χ2v) is 5.67. The number of methoxy groups -OCH3 is 2. The third kappa shape index (κ3) is 2.84. The number of ether oxygens (including phenoxy) is 2. The molecule has 6 heteroatoms. The van der Waals surface area contributed by atoms with E-state index >= 15 is 0 Å². The van der Waals surface area contributed by atoms with E-state index in [0.29, 0.717) is 18.4 Å². The molecular weight excluding hydrogens is 280 g/mol. The number of hydrogen-bond donors (Lipinski definition) is 0. The highest BCUT2D eigenvalue weighted by Gasteiger charge is 2.29. The average Bonchev–Trinajstić information content (AvgIpc) is 2.90. The predicted molar refractivity (Wildman–Crippen MR) is 82.7 cm³/mol. The molecule has 1 atom stereocenters. The highest BCUT2D eigenvalue weighted by molar-refractivity contribution is 5.28. The highest BCUT2D eigenvalue weighted by Crippen LogP contribution is 2.29. The van der Waals surface area contributed by atoms with E-state index in [0.717, 1.165) is 25.2 Å². The monoisotopic (exact) mass is 302 g/mol. The van der Waals surface area contributed by atoms with Gasteiger partial charge >= 0.3 is 0 Å². The molecule has 1 aliphatic heterocycles. The molecule has 0 N–H and O–H groups in total. The van der Waals surface area contributed by atoms with E-state index in [1.54, 1.807) is 20.4 Å². The molecule has 3 heterocycles. The zero-order chi connectivity index (χ0) is 15.5. The van der Waals surface area contributed by atoms with Gasteiger partial charge in [-0.15, -0.1) is 0 Å². The van der Waals surface area contributed by atoms with E-state index in [9.17, 15) is 0 Å². The summed E-state index contributed by atoms with van der Waals surface area (Å²) < 4.78 is 12.7. The normalized spacial score (nSPS) is 18.2. The minimum absolute atomic E-state index is 0.337. The highest BCUT2D eigenvalue weighted by atomic mass is 16.5. The molecule has 0 spiro atoms. The average molecular weight is 302 g/mol. The number of pyridine rings is 1. The summed E-state index contributed by atoms with van der Waals surface area (Å²) in [5.74, 6) is 1.03. The Morgan fingerprint density at radius 2 is 2.23 bits per heavy atom. The van der Waals surface area contributed by atoms with E-state index in [4.69, 9.17) is 9.47 Å². The molecular formula is C16H22N4O2. The van der Waals surface area contributed by atoms with Gasteiger partial charge in [0, 0.05) is 62.7 Å². The first-order chi connectivity index (χ1) is 10.7. The number of aromatic nitrogens is 3. The Hall–Kier alpha value is -1.92. The topological polar surface area (TPSA) is 52.4 Å². The Labute approximate surface area is 130 Å². The Balaban J connectivity index is 1.82. The lowest BCUT2D eigenvalue weighted by Crippen LogP contribution is -2.35. The van der Waals surface area contributed by atoms with Crippen LogP contribution in [0.5, 0.6) is 5.88 Å². The Morgan fingerprint density at radius 3 is 3.00 bits per heavy atom. The molecule has 22 heavy (non-hydrogen) atoms. The van der Waals surface area contributed by atoms with Crippen molar-refractivity contribution in [1.82, 2.24) is 19.7 Å². The molecule has 118 valence electrons. The van der Waals surface area contributed by atoms with Crippen molar-refractivity contribution in [3.8, 4) is 5.88 Å². The lowest BCUT2D eigenvalue weighted by Gasteiger charge is -2.33. The van der Waals surface area contributed by atoms with Gasteiger partial charge in [-0.3, -0.25) is 9.58 Å². The number of aryl methyl sites for hydroxylation is 1. The summed E-state index contributed by atoms with van der Waals surface area (Å²) in [5, 5.41) is 4.40. The van der Waals surface area contributed by atoms with Crippen molar-refractivity contribution in [2.75, 3.05) is 27.4 Å². The summed E-state index contributed by atoms with van der Waals surface area (Å²) >= 11 is 0. The second-order valence-electron chi connectivity index (χ2n) is 5.67. The fourth-order valence-electron chi connectivity index (χ4n) is 3.27. The van der Waals surface area contributed by atoms with Crippen molar-refractivity contribution in [2.45, 2.75) is 19.0 Å². The van der Waals surface area contributed by atoms with Gasteiger partial charge in [-0.1, -0.05) is 6.07 Å². The van der Waals surface area contributed by atoms with E-state index in [1.165, 1.54) is 11.3 Å². The summed E-state index contributed by atoms with van der Waals surface area (Å²) in [4.78, 5) is 6.67. The SMILES string of the molecule is COC[C@H]1CN(Cc2cccnc2OC)Cc2cnn(C)c21. The molecule has 0 bridgehead atoms. The van der Waals surface area contributed by atoms with Crippen LogP contribution in [0.1, 0.15) is 22.7 Å². The van der Waals surface area contributed by atoms with Crippen molar-refractivity contribution >= 4 is 0 Å². The first kappa shape index (κ1) is 15.0. The molecule has 1 aliphatic rings. The lowest BCUT2D eigenvalue weighted by atomic mass is 9.96. The van der Waals surface area contributed by atoms with Gasteiger partial charge in [0.2, 0.25) is 5.88 Å². The van der Waals surface area contributed by atoms with Gasteiger partial charge in [-0.25, -0.2) is 4.98 Å². The van der Waals surface area contributed by atoms with Crippen LogP contribution in [-0.2, 0) is 24.9 Å². The molecule has 0 amide bonds. The van der Waals surface area contributed by atoms with Crippen molar-refractivity contribution in [3.05, 3.63) is 41.3 Å². The molecule has 0 unspecified atom stereocenters. The molecule has 0 aliphatic carbocycles. The third-order valence-electron chi connectivity index (χ3n) is 4.13. The zero-order valence-electron chi connectivity index (χ0n) is 13.3. The first-order valence-electron chi connectivity index (χ1n) is 7.43. The van der Waals surface area contributed by atoms with Crippen molar-refractivity contribution < 1.29 is 9.47 Å². The van der Waals surface area contributed by atoms with Gasteiger partial charge in [0.05, 0.1) is 19.9 Å². The fraction of sp³-hybridized carbons (Fsp3) is 0.500. The Kier molecular flexibility index (Phi) is 4.40. The van der Waals surface area contributed by atoms with E-state index in [1.807, 2.05) is 24.0 Å². The molecule has 0 radical (unpaired) electrons. The maximum Gasteiger partial charge on any atom is 0.217 e. The first-order valence-corrected chi connectivity index (χ1v) is 7.43. The van der Waals surface area contributed by atoms with Crippen LogP contribution in [0.2, 0.25) is 0 Å². The van der Waals surface area contributed by atoms with Crippen LogP contribution in [0.3, 0.4) is 0 Å². The largest absolute Gasteiger partial charge is 0.481 e. The molecule has 0 aromatic carbocycles. The van der Waals surface area contributed by atoms with Crippen molar-refractivity contribution in [1.29, 1.82) is 0 Å². The summed E-state index contributed by atoms with van der Waals surface area (Å²) in [6.45, 7) is 3.35. The van der Waals surface area contributed by atoms with Crippen LogP contribution < -0.4 is 4.74 Å². The predicted octanol–water partition coefficient (Wildman–Crippen LogP) is 1.57. The quantitative estimate of drug-likeness (QED) is 0.839. The van der Waals surface area contributed by atoms with Gasteiger partial charge < -0.3 is 9.47 Å². The summed E-state index contributed by atoms with van der Waals surface area (Å²) in [5.41, 5.74) is 3.67. The number of fused-ring (bicyclic) bond motifs is 1. The van der Waals surface area contributed by atoms with Gasteiger partial charge in [-0.05, 0) is 6.07 Å². The van der Waals surface area contributed by atoms with E-state index < -0.39 is 0 Å². The van der Waals surface area contributed by atoms with E-state index in [-0.39, 0.29) is 0 Å². The number of hydrogen-bond acceptors (Lipinski definition) is 5. The maximum atomic E-state index is 5.40. The van der Waals surface area contributed by atoms with Crippen LogP contribution in [0, 0.1) is 0 Å². The number of nitrogens with zero attached hydrogens (tertiary/aromatic N) is 4. The lowest BCUT2D eigenvalue weighted by molar-refractivity contribution is 0.132.